The van der Waals surface area contributed by atoms with Crippen LogP contribution in [0.3, 0.4) is 0 Å². The number of rotatable bonds is 6. The molecule has 10 heteroatoms. The number of amides is 1. The van der Waals surface area contributed by atoms with Gasteiger partial charge in [0.25, 0.3) is 11.7 Å². The van der Waals surface area contributed by atoms with Crippen molar-refractivity contribution < 1.29 is 33.3 Å². The Morgan fingerprint density at radius 3 is 2.21 bits per heavy atom. The molecule has 1 aromatic heterocycles. The number of ketones is 1. The average molecular weight is 504 g/mol. The first-order valence-electron chi connectivity index (χ1n) is 9.92. The molecule has 2 heterocycles. The minimum atomic E-state index is -1.08. The Hall–Kier alpha value is -3.62. The van der Waals surface area contributed by atoms with Crippen molar-refractivity contribution in [2.45, 2.75) is 6.04 Å². The molecule has 34 heavy (non-hydrogen) atoms. The maximum atomic E-state index is 13.2. The van der Waals surface area contributed by atoms with Gasteiger partial charge in [-0.05, 0) is 36.4 Å². The standard InChI is InChI=1S/C24H19Cl2NO7/c1-31-16-7-6-12(9-14(16)25)27-21(17-5-4-8-34-17)20(23(29)24(27)30)22(28)13-10-15(26)19(33-3)11-18(13)32-2/h4-11,21,28H,1-3H3/b22-20-. The van der Waals surface area contributed by atoms with Crippen LogP contribution in [0.25, 0.3) is 5.76 Å². The number of aliphatic hydroxyl groups is 1. The van der Waals surface area contributed by atoms with Crippen molar-refractivity contribution >= 4 is 46.3 Å². The Kier molecular flexibility index (Phi) is 6.45. The highest BCUT2D eigenvalue weighted by molar-refractivity contribution is 6.52. The highest BCUT2D eigenvalue weighted by Crippen LogP contribution is 2.45. The average Bonchev–Trinajstić information content (AvgIpc) is 3.45. The highest BCUT2D eigenvalue weighted by atomic mass is 35.5. The fraction of sp³-hybridized carbons (Fsp3) is 0.167. The third kappa shape index (κ3) is 3.85. The number of benzene rings is 2. The first-order valence-corrected chi connectivity index (χ1v) is 10.7. The Morgan fingerprint density at radius 2 is 1.62 bits per heavy atom. The lowest BCUT2D eigenvalue weighted by Crippen LogP contribution is -2.29. The van der Waals surface area contributed by atoms with E-state index in [2.05, 4.69) is 0 Å². The van der Waals surface area contributed by atoms with E-state index < -0.39 is 23.5 Å². The summed E-state index contributed by atoms with van der Waals surface area (Å²) in [6.07, 6.45) is 1.40. The molecule has 4 rings (SSSR count). The number of hydrogen-bond donors (Lipinski definition) is 1. The predicted octanol–water partition coefficient (Wildman–Crippen LogP) is 5.24. The number of halogens is 2. The second-order valence-electron chi connectivity index (χ2n) is 7.19. The van der Waals surface area contributed by atoms with Gasteiger partial charge in [0.2, 0.25) is 0 Å². The van der Waals surface area contributed by atoms with E-state index >= 15 is 0 Å². The SMILES string of the molecule is COc1ccc(N2C(=O)C(=O)/C(=C(\O)c3cc(Cl)c(OC)cc3OC)C2c2ccco2)cc1Cl. The van der Waals surface area contributed by atoms with Crippen LogP contribution in [-0.4, -0.2) is 38.1 Å². The molecule has 1 aliphatic heterocycles. The number of methoxy groups -OCH3 is 3. The van der Waals surface area contributed by atoms with E-state index in [1.165, 1.54) is 50.7 Å². The topological polar surface area (TPSA) is 98.4 Å². The quantitative estimate of drug-likeness (QED) is 0.279. The van der Waals surface area contributed by atoms with Gasteiger partial charge in [0, 0.05) is 11.8 Å². The van der Waals surface area contributed by atoms with Gasteiger partial charge in [-0.15, -0.1) is 0 Å². The fourth-order valence-corrected chi connectivity index (χ4v) is 4.30. The summed E-state index contributed by atoms with van der Waals surface area (Å²) in [7, 11) is 4.29. The lowest BCUT2D eigenvalue weighted by molar-refractivity contribution is -0.132. The summed E-state index contributed by atoms with van der Waals surface area (Å²) < 4.78 is 21.3. The summed E-state index contributed by atoms with van der Waals surface area (Å²) in [5.74, 6) is -1.12. The highest BCUT2D eigenvalue weighted by Gasteiger charge is 2.48. The molecule has 176 valence electrons. The van der Waals surface area contributed by atoms with Crippen molar-refractivity contribution in [2.24, 2.45) is 0 Å². The molecule has 0 aliphatic carbocycles. The molecule has 0 radical (unpaired) electrons. The van der Waals surface area contributed by atoms with E-state index in [1.54, 1.807) is 24.3 Å². The second kappa shape index (κ2) is 9.32. The Bertz CT molecular complexity index is 1300. The zero-order valence-corrected chi connectivity index (χ0v) is 19.8. The van der Waals surface area contributed by atoms with Gasteiger partial charge in [0.05, 0.1) is 48.8 Å². The second-order valence-corrected chi connectivity index (χ2v) is 8.00. The van der Waals surface area contributed by atoms with Crippen LogP contribution >= 0.6 is 23.2 Å². The van der Waals surface area contributed by atoms with Gasteiger partial charge in [-0.2, -0.15) is 0 Å². The Balaban J connectivity index is 1.95. The number of anilines is 1. The van der Waals surface area contributed by atoms with Crippen molar-refractivity contribution in [1.82, 2.24) is 0 Å². The monoisotopic (exact) mass is 503 g/mol. The van der Waals surface area contributed by atoms with Crippen LogP contribution in [0.5, 0.6) is 17.2 Å². The number of nitrogens with zero attached hydrogens (tertiary/aromatic N) is 1. The Labute approximate surface area is 204 Å². The molecule has 1 fully saturated rings. The van der Waals surface area contributed by atoms with Crippen molar-refractivity contribution in [3.05, 3.63) is 75.7 Å². The van der Waals surface area contributed by atoms with Gasteiger partial charge < -0.3 is 23.7 Å². The molecule has 1 amide bonds. The van der Waals surface area contributed by atoms with Crippen molar-refractivity contribution in [2.75, 3.05) is 26.2 Å². The third-order valence-electron chi connectivity index (χ3n) is 5.40. The van der Waals surface area contributed by atoms with E-state index in [0.717, 1.165) is 0 Å². The zero-order chi connectivity index (χ0) is 24.6. The molecule has 1 unspecified atom stereocenters. The van der Waals surface area contributed by atoms with Crippen LogP contribution in [0, 0.1) is 0 Å². The molecule has 8 nitrogen and oxygen atoms in total. The van der Waals surface area contributed by atoms with Gasteiger partial charge in [-0.25, -0.2) is 0 Å². The van der Waals surface area contributed by atoms with E-state index in [-0.39, 0.29) is 32.7 Å². The minimum Gasteiger partial charge on any atom is -0.507 e. The summed E-state index contributed by atoms with van der Waals surface area (Å²) in [5, 5.41) is 11.7. The molecule has 1 aliphatic rings. The zero-order valence-electron chi connectivity index (χ0n) is 18.3. The summed E-state index contributed by atoms with van der Waals surface area (Å²) >= 11 is 12.5. The number of aliphatic hydroxyl groups excluding tert-OH is 1. The number of hydrogen-bond acceptors (Lipinski definition) is 7. The molecule has 0 bridgehead atoms. The smallest absolute Gasteiger partial charge is 0.300 e. The van der Waals surface area contributed by atoms with Crippen LogP contribution in [0.4, 0.5) is 5.69 Å². The summed E-state index contributed by atoms with van der Waals surface area (Å²) in [6.45, 7) is 0. The van der Waals surface area contributed by atoms with Crippen LogP contribution in [0.2, 0.25) is 10.0 Å². The van der Waals surface area contributed by atoms with E-state index in [9.17, 15) is 14.7 Å². The molecular weight excluding hydrogens is 485 g/mol. The molecule has 1 N–H and O–H groups in total. The number of ether oxygens (including phenoxy) is 3. The first-order chi connectivity index (χ1) is 16.3. The van der Waals surface area contributed by atoms with Gasteiger partial charge in [0.1, 0.15) is 34.8 Å². The molecule has 0 saturated carbocycles. The number of Topliss-reactive ketones (excluding diaryl/α,β-unsaturated/α-hetero) is 1. The molecule has 2 aromatic carbocycles. The fourth-order valence-electron chi connectivity index (χ4n) is 3.81. The number of furan rings is 1. The largest absolute Gasteiger partial charge is 0.507 e. The minimum absolute atomic E-state index is 0.107. The van der Waals surface area contributed by atoms with Crippen LogP contribution in [-0.2, 0) is 9.59 Å². The summed E-state index contributed by atoms with van der Waals surface area (Å²) in [4.78, 5) is 27.6. The van der Waals surface area contributed by atoms with Gasteiger partial charge in [-0.3, -0.25) is 14.5 Å². The van der Waals surface area contributed by atoms with Crippen molar-refractivity contribution in [3.63, 3.8) is 0 Å². The number of carbonyl (C=O) groups excluding carboxylic acids is 2. The van der Waals surface area contributed by atoms with Gasteiger partial charge in [-0.1, -0.05) is 23.2 Å². The maximum Gasteiger partial charge on any atom is 0.300 e. The maximum absolute atomic E-state index is 13.2. The molecule has 0 spiro atoms. The molecular formula is C24H19Cl2NO7. The summed E-state index contributed by atoms with van der Waals surface area (Å²) in [6, 6.07) is 9.64. The van der Waals surface area contributed by atoms with E-state index in [1.807, 2.05) is 0 Å². The van der Waals surface area contributed by atoms with E-state index in [4.69, 9.17) is 41.8 Å². The predicted molar refractivity (Wildman–Crippen MR) is 126 cm³/mol. The van der Waals surface area contributed by atoms with Gasteiger partial charge >= 0.3 is 0 Å². The van der Waals surface area contributed by atoms with Gasteiger partial charge in [0.15, 0.2) is 0 Å². The first kappa shape index (κ1) is 23.5. The summed E-state index contributed by atoms with van der Waals surface area (Å²) in [5.41, 5.74) is 0.218. The third-order valence-corrected chi connectivity index (χ3v) is 5.99. The van der Waals surface area contributed by atoms with Crippen molar-refractivity contribution in [1.29, 1.82) is 0 Å². The lowest BCUT2D eigenvalue weighted by Gasteiger charge is -2.24. The number of carbonyl (C=O) groups is 2. The Morgan fingerprint density at radius 1 is 0.941 bits per heavy atom. The molecule has 3 aromatic rings. The van der Waals surface area contributed by atoms with Crippen LogP contribution in [0.15, 0.2) is 58.7 Å². The van der Waals surface area contributed by atoms with Crippen LogP contribution < -0.4 is 19.1 Å². The van der Waals surface area contributed by atoms with Crippen LogP contribution in [0.1, 0.15) is 17.4 Å². The van der Waals surface area contributed by atoms with E-state index in [0.29, 0.717) is 17.2 Å². The normalized spacial score (nSPS) is 17.2. The van der Waals surface area contributed by atoms with Crippen molar-refractivity contribution in [3.8, 4) is 17.2 Å². The lowest BCUT2D eigenvalue weighted by atomic mass is 9.98. The molecule has 1 saturated heterocycles. The molecule has 1 atom stereocenters.